The fraction of sp³-hybridized carbons (Fsp3) is 0.500. The molecule has 0 spiro atoms. The van der Waals surface area contributed by atoms with Crippen LogP contribution in [0, 0.1) is 5.41 Å². The molecule has 1 nitrogen and oxygen atoms in total. The molecule has 0 aromatic heterocycles. The van der Waals surface area contributed by atoms with Gasteiger partial charge in [-0.15, -0.1) is 12.6 Å². The van der Waals surface area contributed by atoms with Crippen LogP contribution < -0.4 is 0 Å². The fourth-order valence-electron chi connectivity index (χ4n) is 2.13. The Labute approximate surface area is 104 Å². The van der Waals surface area contributed by atoms with Crippen molar-refractivity contribution in [3.05, 3.63) is 34.4 Å². The molecule has 1 atom stereocenters. The minimum absolute atomic E-state index is 0.127. The summed E-state index contributed by atoms with van der Waals surface area (Å²) in [5.74, 6) is 0. The molecule has 1 unspecified atom stereocenters. The molecule has 1 rings (SSSR count). The summed E-state index contributed by atoms with van der Waals surface area (Å²) in [5, 5.41) is 0. The first-order valence-electron chi connectivity index (χ1n) is 5.66. The number of rotatable bonds is 3. The van der Waals surface area contributed by atoms with Crippen molar-refractivity contribution < 1.29 is 0 Å². The molecule has 0 saturated heterocycles. The van der Waals surface area contributed by atoms with E-state index in [9.17, 15) is 0 Å². The van der Waals surface area contributed by atoms with Gasteiger partial charge in [-0.25, -0.2) is 0 Å². The minimum atomic E-state index is 0.127. The second-order valence-corrected chi connectivity index (χ2v) is 5.25. The normalized spacial score (nSPS) is 26.1. The van der Waals surface area contributed by atoms with Crippen LogP contribution in [0.3, 0.4) is 0 Å². The first-order chi connectivity index (χ1) is 7.32. The summed E-state index contributed by atoms with van der Waals surface area (Å²) < 4.78 is 0. The van der Waals surface area contributed by atoms with Crippen LogP contribution in [0.2, 0.25) is 0 Å². The van der Waals surface area contributed by atoms with E-state index in [0.29, 0.717) is 0 Å². The second-order valence-electron chi connectivity index (χ2n) is 4.68. The summed E-state index contributed by atoms with van der Waals surface area (Å²) in [7, 11) is 0. The number of thiol groups is 1. The van der Waals surface area contributed by atoms with Crippen LogP contribution in [-0.4, -0.2) is 5.71 Å². The zero-order valence-electron chi connectivity index (χ0n) is 10.9. The first kappa shape index (κ1) is 13.3. The minimum Gasteiger partial charge on any atom is -0.257 e. The van der Waals surface area contributed by atoms with E-state index in [0.717, 1.165) is 22.6 Å². The van der Waals surface area contributed by atoms with Crippen molar-refractivity contribution in [2.45, 2.75) is 41.0 Å². The van der Waals surface area contributed by atoms with Gasteiger partial charge in [-0.1, -0.05) is 20.4 Å². The van der Waals surface area contributed by atoms with Crippen molar-refractivity contribution in [1.29, 1.82) is 0 Å². The van der Waals surface area contributed by atoms with Gasteiger partial charge in [0.2, 0.25) is 0 Å². The largest absolute Gasteiger partial charge is 0.257 e. The summed E-state index contributed by atoms with van der Waals surface area (Å²) in [6.45, 7) is 14.6. The Morgan fingerprint density at radius 1 is 1.50 bits per heavy atom. The van der Waals surface area contributed by atoms with Crippen molar-refractivity contribution in [1.82, 2.24) is 0 Å². The molecule has 0 aromatic rings. The van der Waals surface area contributed by atoms with Gasteiger partial charge in [-0.3, -0.25) is 4.99 Å². The van der Waals surface area contributed by atoms with E-state index in [1.165, 1.54) is 11.3 Å². The van der Waals surface area contributed by atoms with Crippen LogP contribution in [0.5, 0.6) is 0 Å². The summed E-state index contributed by atoms with van der Waals surface area (Å²) in [4.78, 5) is 5.47. The standard InChI is InChI=1S/C14H21NS/c1-7-14(6)11(4)13(15-12(14)5)9(2)8-10(3)16/h8,16H,3,7H2,1-2,4-6H3/b9-8-. The molecule has 0 N–H and O–H groups in total. The van der Waals surface area contributed by atoms with Gasteiger partial charge in [0, 0.05) is 11.1 Å². The Bertz CT molecular complexity index is 412. The maximum atomic E-state index is 4.70. The van der Waals surface area contributed by atoms with Gasteiger partial charge >= 0.3 is 0 Å². The lowest BCUT2D eigenvalue weighted by molar-refractivity contribution is 0.541. The number of hydrogen-bond acceptors (Lipinski definition) is 2. The Hall–Kier alpha value is -0.760. The van der Waals surface area contributed by atoms with E-state index in [4.69, 9.17) is 4.99 Å². The molecule has 0 bridgehead atoms. The number of allylic oxidation sites excluding steroid dienone is 3. The van der Waals surface area contributed by atoms with E-state index >= 15 is 0 Å². The predicted molar refractivity (Wildman–Crippen MR) is 76.1 cm³/mol. The molecule has 0 aromatic carbocycles. The molecule has 88 valence electrons. The van der Waals surface area contributed by atoms with Gasteiger partial charge in [0.1, 0.15) is 0 Å². The Kier molecular flexibility index (Phi) is 3.84. The molecule has 0 aliphatic carbocycles. The fourth-order valence-corrected chi connectivity index (χ4v) is 2.32. The summed E-state index contributed by atoms with van der Waals surface area (Å²) in [6, 6.07) is 0. The Morgan fingerprint density at radius 2 is 2.06 bits per heavy atom. The monoisotopic (exact) mass is 235 g/mol. The van der Waals surface area contributed by atoms with Crippen LogP contribution in [0.4, 0.5) is 0 Å². The molecule has 0 radical (unpaired) electrons. The molecule has 0 fully saturated rings. The molecule has 2 heteroatoms. The predicted octanol–water partition coefficient (Wildman–Crippen LogP) is 4.54. The second kappa shape index (κ2) is 4.62. The Balaban J connectivity index is 3.22. The van der Waals surface area contributed by atoms with E-state index in [1.54, 1.807) is 0 Å². The van der Waals surface area contributed by atoms with Crippen LogP contribution >= 0.6 is 12.6 Å². The maximum absolute atomic E-state index is 4.70. The maximum Gasteiger partial charge on any atom is 0.0657 e. The number of aliphatic imine (C=N–C) groups is 1. The van der Waals surface area contributed by atoms with Gasteiger partial charge in [-0.05, 0) is 49.3 Å². The van der Waals surface area contributed by atoms with Crippen molar-refractivity contribution >= 4 is 18.3 Å². The smallest absolute Gasteiger partial charge is 0.0657 e. The van der Waals surface area contributed by atoms with E-state index in [2.05, 4.69) is 53.8 Å². The highest BCUT2D eigenvalue weighted by Gasteiger charge is 2.34. The summed E-state index contributed by atoms with van der Waals surface area (Å²) in [5.41, 5.74) is 4.95. The topological polar surface area (TPSA) is 12.4 Å². The van der Waals surface area contributed by atoms with Gasteiger partial charge in [0.05, 0.1) is 5.70 Å². The SMILES string of the molecule is C=C(S)/C=C(/C)C1=C(C)C(C)(CC)C(C)=N1. The van der Waals surface area contributed by atoms with Crippen LogP contribution in [0.15, 0.2) is 39.4 Å². The zero-order chi connectivity index (χ0) is 12.5. The lowest BCUT2D eigenvalue weighted by Crippen LogP contribution is -2.22. The Morgan fingerprint density at radius 3 is 2.44 bits per heavy atom. The van der Waals surface area contributed by atoms with Crippen LogP contribution in [0.25, 0.3) is 0 Å². The molecular weight excluding hydrogens is 214 g/mol. The van der Waals surface area contributed by atoms with Crippen molar-refractivity contribution in [3.63, 3.8) is 0 Å². The van der Waals surface area contributed by atoms with E-state index in [-0.39, 0.29) is 5.41 Å². The molecule has 1 heterocycles. The number of nitrogens with zero attached hydrogens (tertiary/aromatic N) is 1. The highest BCUT2D eigenvalue weighted by molar-refractivity contribution is 7.84. The third-order valence-corrected chi connectivity index (χ3v) is 3.85. The third kappa shape index (κ3) is 2.17. The molecule has 0 amide bonds. The highest BCUT2D eigenvalue weighted by atomic mass is 32.1. The van der Waals surface area contributed by atoms with Crippen LogP contribution in [-0.2, 0) is 0 Å². The van der Waals surface area contributed by atoms with Gasteiger partial charge in [0.25, 0.3) is 0 Å². The molecule has 0 saturated carbocycles. The molecular formula is C14H21NS. The summed E-state index contributed by atoms with van der Waals surface area (Å²) >= 11 is 4.21. The van der Waals surface area contributed by atoms with Crippen molar-refractivity contribution in [3.8, 4) is 0 Å². The van der Waals surface area contributed by atoms with Crippen molar-refractivity contribution in [2.24, 2.45) is 10.4 Å². The zero-order valence-corrected chi connectivity index (χ0v) is 11.8. The van der Waals surface area contributed by atoms with Gasteiger partial charge < -0.3 is 0 Å². The quantitative estimate of drug-likeness (QED) is 0.544. The third-order valence-electron chi connectivity index (χ3n) is 3.72. The van der Waals surface area contributed by atoms with E-state index < -0.39 is 0 Å². The average molecular weight is 235 g/mol. The van der Waals surface area contributed by atoms with E-state index in [1.807, 2.05) is 6.08 Å². The lowest BCUT2D eigenvalue weighted by atomic mass is 9.77. The average Bonchev–Trinajstić information content (AvgIpc) is 2.42. The van der Waals surface area contributed by atoms with Gasteiger partial charge in [0.15, 0.2) is 0 Å². The number of hydrogen-bond donors (Lipinski definition) is 1. The molecule has 16 heavy (non-hydrogen) atoms. The summed E-state index contributed by atoms with van der Waals surface area (Å²) in [6.07, 6.45) is 3.06. The molecule has 1 aliphatic heterocycles. The highest BCUT2D eigenvalue weighted by Crippen LogP contribution is 2.42. The van der Waals surface area contributed by atoms with Crippen molar-refractivity contribution in [2.75, 3.05) is 0 Å². The first-order valence-corrected chi connectivity index (χ1v) is 6.11. The van der Waals surface area contributed by atoms with Gasteiger partial charge in [-0.2, -0.15) is 0 Å². The molecule has 1 aliphatic rings. The van der Waals surface area contributed by atoms with Crippen LogP contribution in [0.1, 0.15) is 41.0 Å². The lowest BCUT2D eigenvalue weighted by Gasteiger charge is -2.25.